The quantitative estimate of drug-likeness (QED) is 0.731. The summed E-state index contributed by atoms with van der Waals surface area (Å²) in [5, 5.41) is 2.78. The Morgan fingerprint density at radius 2 is 2.00 bits per heavy atom. The van der Waals surface area contributed by atoms with Crippen LogP contribution < -0.4 is 15.0 Å². The Hall–Kier alpha value is -2.09. The van der Waals surface area contributed by atoms with Gasteiger partial charge in [-0.2, -0.15) is 0 Å². The van der Waals surface area contributed by atoms with Crippen LogP contribution in [0, 0.1) is 3.57 Å². The largest absolute Gasteiger partial charge is 0.484 e. The van der Waals surface area contributed by atoms with E-state index in [4.69, 9.17) is 4.74 Å². The molecular formula is C18H17IN2O3. The van der Waals surface area contributed by atoms with E-state index in [2.05, 4.69) is 27.9 Å². The van der Waals surface area contributed by atoms with E-state index in [1.54, 1.807) is 17.0 Å². The van der Waals surface area contributed by atoms with Crippen molar-refractivity contribution in [3.8, 4) is 5.75 Å². The van der Waals surface area contributed by atoms with E-state index in [1.165, 1.54) is 0 Å². The zero-order chi connectivity index (χ0) is 16.9. The second kappa shape index (κ2) is 7.65. The van der Waals surface area contributed by atoms with E-state index in [9.17, 15) is 9.59 Å². The predicted molar refractivity (Wildman–Crippen MR) is 101 cm³/mol. The van der Waals surface area contributed by atoms with Crippen molar-refractivity contribution >= 4 is 45.8 Å². The highest BCUT2D eigenvalue weighted by Gasteiger charge is 2.21. The maximum atomic E-state index is 12.0. The minimum Gasteiger partial charge on any atom is -0.484 e. The molecular weight excluding hydrogens is 419 g/mol. The van der Waals surface area contributed by atoms with Gasteiger partial charge in [0.25, 0.3) is 5.91 Å². The molecule has 24 heavy (non-hydrogen) atoms. The summed E-state index contributed by atoms with van der Waals surface area (Å²) in [7, 11) is 0. The molecule has 1 heterocycles. The Kier molecular flexibility index (Phi) is 5.34. The summed E-state index contributed by atoms with van der Waals surface area (Å²) in [5.41, 5.74) is 1.55. The zero-order valence-electron chi connectivity index (χ0n) is 13.0. The van der Waals surface area contributed by atoms with Gasteiger partial charge in [0.1, 0.15) is 5.75 Å². The first kappa shape index (κ1) is 16.8. The van der Waals surface area contributed by atoms with Crippen LogP contribution in [-0.2, 0) is 9.59 Å². The van der Waals surface area contributed by atoms with Crippen LogP contribution in [0.15, 0.2) is 48.5 Å². The molecule has 5 nitrogen and oxygen atoms in total. The maximum Gasteiger partial charge on any atom is 0.262 e. The molecule has 0 bridgehead atoms. The Bertz CT molecular complexity index is 746. The van der Waals surface area contributed by atoms with E-state index >= 15 is 0 Å². The summed E-state index contributed by atoms with van der Waals surface area (Å²) < 4.78 is 6.65. The van der Waals surface area contributed by atoms with Gasteiger partial charge in [0.2, 0.25) is 5.91 Å². The number of hydrogen-bond acceptors (Lipinski definition) is 3. The van der Waals surface area contributed by atoms with Crippen molar-refractivity contribution in [3.05, 3.63) is 52.1 Å². The average Bonchev–Trinajstić information content (AvgIpc) is 3.01. The third kappa shape index (κ3) is 4.25. The molecule has 0 aromatic heterocycles. The summed E-state index contributed by atoms with van der Waals surface area (Å²) in [6.45, 7) is 0.652. The smallest absolute Gasteiger partial charge is 0.262 e. The summed E-state index contributed by atoms with van der Waals surface area (Å²) >= 11 is 2.21. The topological polar surface area (TPSA) is 58.6 Å². The van der Waals surface area contributed by atoms with E-state index in [0.29, 0.717) is 12.2 Å². The van der Waals surface area contributed by atoms with Gasteiger partial charge in [-0.25, -0.2) is 0 Å². The number of anilines is 2. The van der Waals surface area contributed by atoms with Crippen LogP contribution in [0.3, 0.4) is 0 Å². The van der Waals surface area contributed by atoms with Gasteiger partial charge in [0.15, 0.2) is 6.61 Å². The molecule has 0 spiro atoms. The van der Waals surface area contributed by atoms with Crippen LogP contribution in [0.2, 0.25) is 0 Å². The molecule has 0 atom stereocenters. The van der Waals surface area contributed by atoms with Crippen molar-refractivity contribution < 1.29 is 14.3 Å². The van der Waals surface area contributed by atoms with Crippen molar-refractivity contribution in [2.75, 3.05) is 23.4 Å². The van der Waals surface area contributed by atoms with Crippen molar-refractivity contribution in [1.82, 2.24) is 0 Å². The molecule has 2 amide bonds. The van der Waals surface area contributed by atoms with Crippen LogP contribution in [0.25, 0.3) is 0 Å². The third-order valence-corrected chi connectivity index (χ3v) is 4.42. The highest BCUT2D eigenvalue weighted by atomic mass is 127. The lowest BCUT2D eigenvalue weighted by Gasteiger charge is -2.16. The minimum absolute atomic E-state index is 0.0800. The van der Waals surface area contributed by atoms with Gasteiger partial charge < -0.3 is 15.0 Å². The van der Waals surface area contributed by atoms with E-state index in [1.807, 2.05) is 36.4 Å². The maximum absolute atomic E-state index is 12.0. The monoisotopic (exact) mass is 436 g/mol. The Morgan fingerprint density at radius 3 is 2.71 bits per heavy atom. The first-order chi connectivity index (χ1) is 11.6. The molecule has 6 heteroatoms. The van der Waals surface area contributed by atoms with E-state index in [0.717, 1.165) is 27.9 Å². The number of rotatable bonds is 5. The molecule has 0 radical (unpaired) electrons. The highest BCUT2D eigenvalue weighted by Crippen LogP contribution is 2.25. The zero-order valence-corrected chi connectivity index (χ0v) is 15.2. The number of carbonyl (C=O) groups is 2. The number of hydrogen-bond donors (Lipinski definition) is 1. The van der Waals surface area contributed by atoms with Crippen molar-refractivity contribution in [3.63, 3.8) is 0 Å². The number of carbonyl (C=O) groups excluding carboxylic acids is 2. The van der Waals surface area contributed by atoms with E-state index in [-0.39, 0.29) is 18.4 Å². The molecule has 0 saturated carbocycles. The van der Waals surface area contributed by atoms with Gasteiger partial charge in [-0.1, -0.05) is 6.07 Å². The van der Waals surface area contributed by atoms with Gasteiger partial charge >= 0.3 is 0 Å². The van der Waals surface area contributed by atoms with Gasteiger partial charge in [0, 0.05) is 34.0 Å². The Labute approximate surface area is 154 Å². The predicted octanol–water partition coefficient (Wildman–Crippen LogP) is 3.44. The first-order valence-electron chi connectivity index (χ1n) is 7.70. The molecule has 1 aliphatic heterocycles. The molecule has 3 rings (SSSR count). The number of halogens is 1. The third-order valence-electron chi connectivity index (χ3n) is 3.70. The molecule has 1 fully saturated rings. The lowest BCUT2D eigenvalue weighted by Crippen LogP contribution is -2.24. The molecule has 124 valence electrons. The number of nitrogens with zero attached hydrogens (tertiary/aromatic N) is 1. The fourth-order valence-corrected chi connectivity index (χ4v) is 2.90. The number of benzene rings is 2. The molecule has 1 N–H and O–H groups in total. The lowest BCUT2D eigenvalue weighted by molar-refractivity contribution is -0.118. The van der Waals surface area contributed by atoms with Crippen molar-refractivity contribution in [1.29, 1.82) is 0 Å². The minimum atomic E-state index is -0.223. The van der Waals surface area contributed by atoms with Crippen LogP contribution in [0.5, 0.6) is 5.75 Å². The van der Waals surface area contributed by atoms with Gasteiger partial charge in [0.05, 0.1) is 0 Å². The molecule has 2 aromatic carbocycles. The fraction of sp³-hybridized carbons (Fsp3) is 0.222. The molecule has 1 aliphatic rings. The summed E-state index contributed by atoms with van der Waals surface area (Å²) in [4.78, 5) is 25.5. The van der Waals surface area contributed by atoms with Crippen LogP contribution in [0.4, 0.5) is 11.4 Å². The van der Waals surface area contributed by atoms with Gasteiger partial charge in [-0.15, -0.1) is 0 Å². The van der Waals surface area contributed by atoms with Crippen molar-refractivity contribution in [2.24, 2.45) is 0 Å². The number of nitrogens with one attached hydrogen (secondary N) is 1. The normalized spacial score (nSPS) is 13.9. The van der Waals surface area contributed by atoms with Crippen LogP contribution >= 0.6 is 22.6 Å². The van der Waals surface area contributed by atoms with Crippen LogP contribution in [-0.4, -0.2) is 25.0 Å². The second-order valence-electron chi connectivity index (χ2n) is 5.49. The Morgan fingerprint density at radius 1 is 1.21 bits per heavy atom. The summed E-state index contributed by atoms with van der Waals surface area (Å²) in [6, 6.07) is 14.8. The second-order valence-corrected chi connectivity index (χ2v) is 6.74. The van der Waals surface area contributed by atoms with Gasteiger partial charge in [-0.05, 0) is 65.4 Å². The van der Waals surface area contributed by atoms with E-state index < -0.39 is 0 Å². The average molecular weight is 436 g/mol. The lowest BCUT2D eigenvalue weighted by atomic mass is 10.3. The number of amides is 2. The summed E-state index contributed by atoms with van der Waals surface area (Å²) in [6.07, 6.45) is 1.46. The number of ether oxygens (including phenoxy) is 1. The fourth-order valence-electron chi connectivity index (χ4n) is 2.54. The molecule has 2 aromatic rings. The molecule has 0 unspecified atom stereocenters. The SMILES string of the molecule is O=C(COc1cccc(N2CCCC2=O)c1)Nc1ccc(I)cc1. The first-order valence-corrected chi connectivity index (χ1v) is 8.78. The van der Waals surface area contributed by atoms with Gasteiger partial charge in [-0.3, -0.25) is 9.59 Å². The van der Waals surface area contributed by atoms with Crippen molar-refractivity contribution in [2.45, 2.75) is 12.8 Å². The molecule has 1 saturated heterocycles. The van der Waals surface area contributed by atoms with Crippen LogP contribution in [0.1, 0.15) is 12.8 Å². The summed E-state index contributed by atoms with van der Waals surface area (Å²) in [5.74, 6) is 0.479. The molecule has 0 aliphatic carbocycles. The Balaban J connectivity index is 1.57. The highest BCUT2D eigenvalue weighted by molar-refractivity contribution is 14.1. The standard InChI is InChI=1S/C18H17IN2O3/c19-13-6-8-14(9-7-13)20-17(22)12-24-16-4-1-3-15(11-16)21-10-2-5-18(21)23/h1,3-4,6-9,11H,2,5,10,12H2,(H,20,22).